The van der Waals surface area contributed by atoms with Crippen LogP contribution in [-0.2, 0) is 25.9 Å². The highest BCUT2D eigenvalue weighted by molar-refractivity contribution is 5.89. The van der Waals surface area contributed by atoms with E-state index in [1.54, 1.807) is 0 Å². The summed E-state index contributed by atoms with van der Waals surface area (Å²) in [5.74, 6) is 1.84. The maximum atomic E-state index is 12.0. The monoisotopic (exact) mass is 285 g/mol. The number of aryl methyl sites for hydroxylation is 2. The number of benzene rings is 1. The quantitative estimate of drug-likeness (QED) is 0.903. The van der Waals surface area contributed by atoms with Crippen molar-refractivity contribution in [3.63, 3.8) is 0 Å². The molecule has 6 nitrogen and oxygen atoms in total. The number of anilines is 1. The molecule has 1 aliphatic rings. The van der Waals surface area contributed by atoms with E-state index in [0.717, 1.165) is 48.7 Å². The van der Waals surface area contributed by atoms with Crippen LogP contribution in [0.3, 0.4) is 0 Å². The average molecular weight is 285 g/mol. The van der Waals surface area contributed by atoms with Crippen molar-refractivity contribution in [1.82, 2.24) is 20.1 Å². The zero-order chi connectivity index (χ0) is 14.7. The van der Waals surface area contributed by atoms with Gasteiger partial charge in [0.15, 0.2) is 5.82 Å². The third-order valence-corrected chi connectivity index (χ3v) is 3.74. The standard InChI is InChI=1S/C15H19N5O/c1-2-11-6-3-4-7-12(11)17-15(21)16-10-14-19-18-13-8-5-9-20(13)14/h3-4,6-7H,2,5,8-10H2,1H3,(H2,16,17,21). The Morgan fingerprint density at radius 2 is 2.19 bits per heavy atom. The molecular weight excluding hydrogens is 266 g/mol. The largest absolute Gasteiger partial charge is 0.331 e. The molecule has 1 aromatic carbocycles. The topological polar surface area (TPSA) is 71.8 Å². The van der Waals surface area contributed by atoms with E-state index in [0.29, 0.717) is 6.54 Å². The van der Waals surface area contributed by atoms with Crippen LogP contribution in [0.5, 0.6) is 0 Å². The van der Waals surface area contributed by atoms with Crippen molar-refractivity contribution in [3.8, 4) is 0 Å². The van der Waals surface area contributed by atoms with Crippen LogP contribution in [0.25, 0.3) is 0 Å². The molecule has 21 heavy (non-hydrogen) atoms. The van der Waals surface area contributed by atoms with Gasteiger partial charge in [0.2, 0.25) is 0 Å². The fourth-order valence-electron chi connectivity index (χ4n) is 2.62. The molecule has 110 valence electrons. The SMILES string of the molecule is CCc1ccccc1NC(=O)NCc1nnc2n1CCC2. The third kappa shape index (κ3) is 2.89. The minimum absolute atomic E-state index is 0.216. The molecular formula is C15H19N5O. The number of para-hydroxylation sites is 1. The Labute approximate surface area is 123 Å². The minimum atomic E-state index is -0.216. The number of nitrogens with zero attached hydrogens (tertiary/aromatic N) is 3. The van der Waals surface area contributed by atoms with Crippen LogP contribution in [0.15, 0.2) is 24.3 Å². The van der Waals surface area contributed by atoms with Crippen molar-refractivity contribution < 1.29 is 4.79 Å². The van der Waals surface area contributed by atoms with Gasteiger partial charge in [0.25, 0.3) is 0 Å². The van der Waals surface area contributed by atoms with Crippen LogP contribution < -0.4 is 10.6 Å². The van der Waals surface area contributed by atoms with E-state index in [1.807, 2.05) is 24.3 Å². The summed E-state index contributed by atoms with van der Waals surface area (Å²) in [6.07, 6.45) is 2.96. The number of urea groups is 1. The van der Waals surface area contributed by atoms with Gasteiger partial charge in [-0.25, -0.2) is 4.79 Å². The van der Waals surface area contributed by atoms with Crippen LogP contribution in [0.2, 0.25) is 0 Å². The fraction of sp³-hybridized carbons (Fsp3) is 0.400. The highest BCUT2D eigenvalue weighted by Crippen LogP contribution is 2.16. The first-order chi connectivity index (χ1) is 10.3. The molecule has 2 N–H and O–H groups in total. The number of fused-ring (bicyclic) bond motifs is 1. The molecule has 0 atom stereocenters. The van der Waals surface area contributed by atoms with Gasteiger partial charge in [-0.05, 0) is 24.5 Å². The summed E-state index contributed by atoms with van der Waals surface area (Å²) in [7, 11) is 0. The highest BCUT2D eigenvalue weighted by Gasteiger charge is 2.17. The summed E-state index contributed by atoms with van der Waals surface area (Å²) in [4.78, 5) is 12.0. The van der Waals surface area contributed by atoms with Crippen LogP contribution >= 0.6 is 0 Å². The molecule has 0 spiro atoms. The lowest BCUT2D eigenvalue weighted by Crippen LogP contribution is -2.29. The lowest BCUT2D eigenvalue weighted by Gasteiger charge is -2.10. The summed E-state index contributed by atoms with van der Waals surface area (Å²) in [6.45, 7) is 3.41. The van der Waals surface area contributed by atoms with Gasteiger partial charge >= 0.3 is 6.03 Å². The molecule has 1 aromatic heterocycles. The first kappa shape index (κ1) is 13.6. The van der Waals surface area contributed by atoms with Crippen molar-refractivity contribution in [1.29, 1.82) is 0 Å². The Bertz CT molecular complexity index is 649. The summed E-state index contributed by atoms with van der Waals surface area (Å²) >= 11 is 0. The molecule has 0 saturated carbocycles. The molecule has 3 rings (SSSR count). The third-order valence-electron chi connectivity index (χ3n) is 3.74. The van der Waals surface area contributed by atoms with E-state index in [1.165, 1.54) is 0 Å². The second-order valence-corrected chi connectivity index (χ2v) is 5.11. The molecule has 2 heterocycles. The lowest BCUT2D eigenvalue weighted by atomic mass is 10.1. The van der Waals surface area contributed by atoms with Crippen LogP contribution in [-0.4, -0.2) is 20.8 Å². The molecule has 0 bridgehead atoms. The smallest absolute Gasteiger partial charge is 0.319 e. The number of hydrogen-bond acceptors (Lipinski definition) is 3. The number of aromatic nitrogens is 3. The Kier molecular flexibility index (Phi) is 3.85. The van der Waals surface area contributed by atoms with Crippen molar-refractivity contribution in [3.05, 3.63) is 41.5 Å². The van der Waals surface area contributed by atoms with Gasteiger partial charge in [0.1, 0.15) is 5.82 Å². The van der Waals surface area contributed by atoms with Gasteiger partial charge in [0.05, 0.1) is 6.54 Å². The Morgan fingerprint density at radius 1 is 1.33 bits per heavy atom. The maximum absolute atomic E-state index is 12.0. The zero-order valence-electron chi connectivity index (χ0n) is 12.1. The Balaban J connectivity index is 1.59. The number of nitrogens with one attached hydrogen (secondary N) is 2. The number of hydrogen-bond donors (Lipinski definition) is 2. The van der Waals surface area contributed by atoms with Crippen molar-refractivity contribution in [2.24, 2.45) is 0 Å². The summed E-state index contributed by atoms with van der Waals surface area (Å²) in [5, 5.41) is 14.0. The van der Waals surface area contributed by atoms with Crippen LogP contribution in [0, 0.1) is 0 Å². The molecule has 6 heteroatoms. The molecule has 0 fully saturated rings. The minimum Gasteiger partial charge on any atom is -0.331 e. The lowest BCUT2D eigenvalue weighted by molar-refractivity contribution is 0.251. The average Bonchev–Trinajstić information content (AvgIpc) is 3.09. The molecule has 0 radical (unpaired) electrons. The number of carbonyl (C=O) groups is 1. The first-order valence-electron chi connectivity index (χ1n) is 7.31. The van der Waals surface area contributed by atoms with Gasteiger partial charge in [-0.2, -0.15) is 0 Å². The van der Waals surface area contributed by atoms with E-state index in [9.17, 15) is 4.79 Å². The maximum Gasteiger partial charge on any atom is 0.319 e. The van der Waals surface area contributed by atoms with E-state index >= 15 is 0 Å². The van der Waals surface area contributed by atoms with E-state index in [-0.39, 0.29) is 6.03 Å². The Morgan fingerprint density at radius 3 is 3.05 bits per heavy atom. The summed E-state index contributed by atoms with van der Waals surface area (Å²) < 4.78 is 2.08. The predicted molar refractivity (Wildman–Crippen MR) is 80.0 cm³/mol. The molecule has 1 aliphatic heterocycles. The van der Waals surface area contributed by atoms with E-state index in [4.69, 9.17) is 0 Å². The molecule has 0 saturated heterocycles. The van der Waals surface area contributed by atoms with Crippen LogP contribution in [0.4, 0.5) is 10.5 Å². The second-order valence-electron chi connectivity index (χ2n) is 5.11. The van der Waals surface area contributed by atoms with Gasteiger partial charge in [0, 0.05) is 18.7 Å². The van der Waals surface area contributed by atoms with E-state index in [2.05, 4.69) is 32.3 Å². The van der Waals surface area contributed by atoms with E-state index < -0.39 is 0 Å². The number of amides is 2. The second kappa shape index (κ2) is 5.95. The number of carbonyl (C=O) groups excluding carboxylic acids is 1. The van der Waals surface area contributed by atoms with Gasteiger partial charge in [-0.1, -0.05) is 25.1 Å². The van der Waals surface area contributed by atoms with Crippen molar-refractivity contribution >= 4 is 11.7 Å². The number of rotatable bonds is 4. The van der Waals surface area contributed by atoms with Crippen molar-refractivity contribution in [2.75, 3.05) is 5.32 Å². The zero-order valence-corrected chi connectivity index (χ0v) is 12.1. The molecule has 2 amide bonds. The van der Waals surface area contributed by atoms with Crippen molar-refractivity contribution in [2.45, 2.75) is 39.3 Å². The summed E-state index contributed by atoms with van der Waals surface area (Å²) in [5.41, 5.74) is 1.97. The summed E-state index contributed by atoms with van der Waals surface area (Å²) in [6, 6.07) is 7.60. The highest BCUT2D eigenvalue weighted by atomic mass is 16.2. The normalized spacial score (nSPS) is 13.0. The molecule has 2 aromatic rings. The molecule has 0 unspecified atom stereocenters. The van der Waals surface area contributed by atoms with Gasteiger partial charge in [-0.15, -0.1) is 10.2 Å². The van der Waals surface area contributed by atoms with Crippen LogP contribution in [0.1, 0.15) is 30.6 Å². The first-order valence-corrected chi connectivity index (χ1v) is 7.31. The fourth-order valence-corrected chi connectivity index (χ4v) is 2.62. The Hall–Kier alpha value is -2.37. The molecule has 0 aliphatic carbocycles. The van der Waals surface area contributed by atoms with Gasteiger partial charge < -0.3 is 15.2 Å². The van der Waals surface area contributed by atoms with Gasteiger partial charge in [-0.3, -0.25) is 0 Å². The predicted octanol–water partition coefficient (Wildman–Crippen LogP) is 2.11.